The van der Waals surface area contributed by atoms with E-state index in [1.807, 2.05) is 0 Å². The van der Waals surface area contributed by atoms with Crippen molar-refractivity contribution in [2.75, 3.05) is 6.54 Å². The Morgan fingerprint density at radius 2 is 2.53 bits per heavy atom. The summed E-state index contributed by atoms with van der Waals surface area (Å²) in [5, 5.41) is 3.14. The summed E-state index contributed by atoms with van der Waals surface area (Å²) >= 11 is 0. The normalized spacial score (nSPS) is 18.3. The molecule has 0 spiro atoms. The summed E-state index contributed by atoms with van der Waals surface area (Å²) in [4.78, 5) is 0. The number of nitrogens with one attached hydrogen (secondary N) is 2. The van der Waals surface area contributed by atoms with Crippen LogP contribution in [0.15, 0.2) is 11.2 Å². The first-order chi connectivity index (χ1) is 6.89. The Balaban J connectivity index is 2.42. The second-order valence-corrected chi connectivity index (χ2v) is 4.66. The Bertz CT molecular complexity index is 380. The van der Waals surface area contributed by atoms with Crippen molar-refractivity contribution in [1.82, 2.24) is 16.1 Å². The predicted octanol–water partition coefficient (Wildman–Crippen LogP) is -0.813. The molecule has 1 radical (unpaired) electrons. The topological polar surface area (TPSA) is 94.0 Å². The zero-order valence-corrected chi connectivity index (χ0v) is 8.62. The fourth-order valence-electron chi connectivity index (χ4n) is 0.698. The molecule has 1 aliphatic rings. The van der Waals surface area contributed by atoms with Gasteiger partial charge in [0, 0.05) is 12.6 Å². The van der Waals surface area contributed by atoms with Crippen LogP contribution in [0.1, 0.15) is 6.92 Å². The first-order valence-electron chi connectivity index (χ1n) is 3.98. The molecule has 0 bridgehead atoms. The van der Waals surface area contributed by atoms with Gasteiger partial charge in [0.15, 0.2) is 0 Å². The molecule has 0 aromatic heterocycles. The van der Waals surface area contributed by atoms with Crippen molar-refractivity contribution in [3.63, 3.8) is 0 Å². The molecule has 0 saturated carbocycles. The van der Waals surface area contributed by atoms with E-state index in [1.54, 1.807) is 0 Å². The van der Waals surface area contributed by atoms with Crippen molar-refractivity contribution in [1.29, 1.82) is 0 Å². The minimum Gasteiger partial charge on any atom is -0.285 e. The largest absolute Gasteiger partial charge is 0.285 e. The Morgan fingerprint density at radius 1 is 1.87 bits per heavy atom. The minimum atomic E-state index is -4.10. The molecule has 7 nitrogen and oxygen atoms in total. The van der Waals surface area contributed by atoms with Gasteiger partial charge in [-0.05, 0) is 6.92 Å². The van der Waals surface area contributed by atoms with E-state index in [1.165, 1.54) is 6.92 Å². The zero-order chi connectivity index (χ0) is 11.5. The van der Waals surface area contributed by atoms with Crippen molar-refractivity contribution < 1.29 is 17.4 Å². The molecule has 0 aromatic carbocycles. The van der Waals surface area contributed by atoms with E-state index < -0.39 is 21.3 Å². The van der Waals surface area contributed by atoms with Crippen LogP contribution in [0.25, 0.3) is 0 Å². The van der Waals surface area contributed by atoms with E-state index >= 15 is 0 Å². The van der Waals surface area contributed by atoms with E-state index in [4.69, 9.17) is 4.55 Å². The van der Waals surface area contributed by atoms with Crippen LogP contribution in [0.4, 0.5) is 4.39 Å². The van der Waals surface area contributed by atoms with Crippen LogP contribution in [-0.2, 0) is 10.1 Å². The van der Waals surface area contributed by atoms with Crippen LogP contribution < -0.4 is 10.9 Å². The lowest BCUT2D eigenvalue weighted by Crippen LogP contribution is -2.47. The van der Waals surface area contributed by atoms with Crippen molar-refractivity contribution >= 4 is 16.1 Å². The van der Waals surface area contributed by atoms with Crippen LogP contribution >= 0.6 is 0 Å². The zero-order valence-electron chi connectivity index (χ0n) is 7.81. The molecule has 0 aromatic rings. The fourth-order valence-corrected chi connectivity index (χ4v) is 0.983. The van der Waals surface area contributed by atoms with Crippen LogP contribution in [0, 0.1) is 6.20 Å². The second kappa shape index (κ2) is 4.55. The van der Waals surface area contributed by atoms with Gasteiger partial charge in [-0.2, -0.15) is 18.2 Å². The molecule has 9 heteroatoms. The highest BCUT2D eigenvalue weighted by Crippen LogP contribution is 1.97. The van der Waals surface area contributed by atoms with Crippen molar-refractivity contribution in [2.24, 2.45) is 5.10 Å². The molecule has 1 atom stereocenters. The summed E-state index contributed by atoms with van der Waals surface area (Å²) in [5.74, 6) is -0.777. The minimum absolute atomic E-state index is 0.121. The van der Waals surface area contributed by atoms with Gasteiger partial charge in [0.2, 0.25) is 5.97 Å². The summed E-state index contributed by atoms with van der Waals surface area (Å²) < 4.78 is 42.4. The number of nitrogens with zero attached hydrogens (tertiary/aromatic N) is 2. The molecule has 0 fully saturated rings. The summed E-state index contributed by atoms with van der Waals surface area (Å²) in [6.07, 6.45) is 3.29. The van der Waals surface area contributed by atoms with Crippen LogP contribution in [0.3, 0.4) is 0 Å². The Hall–Kier alpha value is -1.19. The third-order valence-electron chi connectivity index (χ3n) is 1.59. The van der Waals surface area contributed by atoms with Gasteiger partial charge in [0.25, 0.3) is 10.1 Å². The van der Waals surface area contributed by atoms with Crippen molar-refractivity contribution in [3.8, 4) is 0 Å². The molecule has 1 heterocycles. The summed E-state index contributed by atoms with van der Waals surface area (Å²) in [7, 11) is -4.10. The Labute approximate surface area is 86.3 Å². The van der Waals surface area contributed by atoms with Crippen LogP contribution in [0.5, 0.6) is 0 Å². The average molecular weight is 237 g/mol. The highest BCUT2D eigenvalue weighted by Gasteiger charge is 2.18. The van der Waals surface area contributed by atoms with Gasteiger partial charge < -0.3 is 0 Å². The van der Waals surface area contributed by atoms with Gasteiger partial charge in [-0.1, -0.05) is 0 Å². The first kappa shape index (κ1) is 11.9. The standard InChI is InChI=1S/C6H10FN4O3S/c1-5(15(12,13)14)4-9-11-8-3-2-6(7)10-11/h2,5,8-9H,4H2,1H3,(H,12,13,14). The maximum Gasteiger partial charge on any atom is 0.268 e. The first-order valence-corrected chi connectivity index (χ1v) is 5.48. The molecule has 85 valence electrons. The lowest BCUT2D eigenvalue weighted by Gasteiger charge is -2.21. The van der Waals surface area contributed by atoms with Gasteiger partial charge in [-0.15, -0.1) is 10.3 Å². The third-order valence-corrected chi connectivity index (χ3v) is 2.78. The highest BCUT2D eigenvalue weighted by atomic mass is 32.2. The van der Waals surface area contributed by atoms with Gasteiger partial charge in [0.1, 0.15) is 0 Å². The summed E-state index contributed by atoms with van der Waals surface area (Å²) in [6, 6.07) is 0. The van der Waals surface area contributed by atoms with Gasteiger partial charge >= 0.3 is 0 Å². The molecule has 1 unspecified atom stereocenters. The smallest absolute Gasteiger partial charge is 0.268 e. The van der Waals surface area contributed by atoms with E-state index in [2.05, 4.69) is 22.2 Å². The molecule has 0 aliphatic carbocycles. The van der Waals surface area contributed by atoms with E-state index in [9.17, 15) is 12.8 Å². The van der Waals surface area contributed by atoms with Crippen LogP contribution in [-0.4, -0.2) is 36.0 Å². The molecule has 0 amide bonds. The Morgan fingerprint density at radius 3 is 3.07 bits per heavy atom. The van der Waals surface area contributed by atoms with Gasteiger partial charge in [-0.25, -0.2) is 0 Å². The molecule has 1 rings (SSSR count). The SMILES string of the molecule is CC(CNN1N=C(F)C=[C]N1)S(=O)(=O)O. The summed E-state index contributed by atoms with van der Waals surface area (Å²) in [6.45, 7) is 1.18. The molecular formula is C6H10FN4O3S. The second-order valence-electron chi connectivity index (χ2n) is 2.82. The molecule has 0 saturated heterocycles. The third kappa shape index (κ3) is 3.81. The predicted molar refractivity (Wildman–Crippen MR) is 50.3 cm³/mol. The highest BCUT2D eigenvalue weighted by molar-refractivity contribution is 7.86. The van der Waals surface area contributed by atoms with Crippen molar-refractivity contribution in [3.05, 3.63) is 12.3 Å². The van der Waals surface area contributed by atoms with E-state index in [0.29, 0.717) is 0 Å². The monoisotopic (exact) mass is 237 g/mol. The van der Waals surface area contributed by atoms with E-state index in [-0.39, 0.29) is 6.54 Å². The number of hydrogen-bond donors (Lipinski definition) is 3. The maximum atomic E-state index is 12.5. The lowest BCUT2D eigenvalue weighted by molar-refractivity contribution is 0.137. The molecule has 15 heavy (non-hydrogen) atoms. The Kier molecular flexibility index (Phi) is 3.61. The maximum absolute atomic E-state index is 12.5. The fraction of sp³-hybridized carbons (Fsp3) is 0.500. The number of halogens is 1. The van der Waals surface area contributed by atoms with E-state index in [0.717, 1.165) is 11.3 Å². The summed E-state index contributed by atoms with van der Waals surface area (Å²) in [5.41, 5.74) is 4.80. The lowest BCUT2D eigenvalue weighted by atomic mass is 10.5. The number of hydrogen-bond acceptors (Lipinski definition) is 6. The van der Waals surface area contributed by atoms with Gasteiger partial charge in [-0.3, -0.25) is 9.98 Å². The number of hydrazone groups is 1. The molecule has 3 N–H and O–H groups in total. The average Bonchev–Trinajstić information content (AvgIpc) is 2.12. The molecule has 1 aliphatic heterocycles. The van der Waals surface area contributed by atoms with Crippen LogP contribution in [0.2, 0.25) is 0 Å². The van der Waals surface area contributed by atoms with Gasteiger partial charge in [0.05, 0.1) is 11.4 Å². The van der Waals surface area contributed by atoms with Crippen molar-refractivity contribution in [2.45, 2.75) is 12.2 Å². The number of rotatable bonds is 4. The molecular weight excluding hydrogens is 227 g/mol. The number of allylic oxidation sites excluding steroid dienone is 1. The quantitative estimate of drug-likeness (QED) is 0.553. The number of hydrazine groups is 2.